The van der Waals surface area contributed by atoms with Crippen molar-refractivity contribution >= 4 is 48.4 Å². The van der Waals surface area contributed by atoms with Crippen LogP contribution in [0.3, 0.4) is 0 Å². The lowest BCUT2D eigenvalue weighted by atomic mass is 10.0. The topological polar surface area (TPSA) is 314 Å². The Morgan fingerprint density at radius 1 is 0.596 bits per heavy atom. The van der Waals surface area contributed by atoms with Crippen molar-refractivity contribution in [1.82, 2.24) is 26.6 Å². The van der Waals surface area contributed by atoms with Crippen molar-refractivity contribution in [3.8, 4) is 0 Å². The molecule has 0 bridgehead atoms. The summed E-state index contributed by atoms with van der Waals surface area (Å²) in [5, 5.41) is 13.3. The van der Waals surface area contributed by atoms with Gasteiger partial charge in [-0.25, -0.2) is 17.7 Å². The first-order valence-electron chi connectivity index (χ1n) is 18.6. The third-order valence-electron chi connectivity index (χ3n) is 7.50. The minimum Gasteiger partial charge on any atom is -0.377 e. The molecule has 0 aliphatic carbocycles. The smallest absolute Gasteiger partial charge is 0.252 e. The molecule has 22 nitrogen and oxygen atoms in total. The molecule has 5 amide bonds. The lowest BCUT2D eigenvalue weighted by Gasteiger charge is -2.32. The van der Waals surface area contributed by atoms with Gasteiger partial charge in [0.25, 0.3) is 6.57 Å². The molecule has 3 atom stereocenters. The fourth-order valence-electron chi connectivity index (χ4n) is 4.68. The van der Waals surface area contributed by atoms with Crippen LogP contribution < -0.4 is 44.3 Å². The molecule has 0 saturated heterocycles. The van der Waals surface area contributed by atoms with E-state index in [0.29, 0.717) is 0 Å². The second-order valence-corrected chi connectivity index (χ2v) is 17.9. The maximum atomic E-state index is 13.2. The van der Waals surface area contributed by atoms with E-state index in [-0.39, 0.29) is 130 Å². The van der Waals surface area contributed by atoms with Crippen molar-refractivity contribution in [1.29, 1.82) is 0 Å². The largest absolute Gasteiger partial charge is 0.377 e. The van der Waals surface area contributed by atoms with Gasteiger partial charge in [-0.3, -0.25) is 28.5 Å². The van der Waals surface area contributed by atoms with Crippen LogP contribution in [0.5, 0.6) is 0 Å². The first-order chi connectivity index (χ1) is 26.8. The molecule has 0 spiro atoms. The Kier molecular flexibility index (Phi) is 30.0. The Balaban J connectivity index is 5.53. The van der Waals surface area contributed by atoms with E-state index in [1.165, 1.54) is 6.66 Å². The summed E-state index contributed by atoms with van der Waals surface area (Å²) < 4.78 is 39.4. The van der Waals surface area contributed by atoms with E-state index in [0.717, 1.165) is 0 Å². The Morgan fingerprint density at radius 3 is 1.42 bits per heavy atom. The number of thiol groups is 1. The third-order valence-corrected chi connectivity index (χ3v) is 8.58. The number of amides is 5. The summed E-state index contributed by atoms with van der Waals surface area (Å²) in [6.07, 6.45) is -0.324. The lowest BCUT2D eigenvalue weighted by molar-refractivity contribution is -0.132. The van der Waals surface area contributed by atoms with Crippen LogP contribution in [0.15, 0.2) is 0 Å². The summed E-state index contributed by atoms with van der Waals surface area (Å²) in [6.45, 7) is 7.41. The van der Waals surface area contributed by atoms with Gasteiger partial charge in [0.2, 0.25) is 29.5 Å². The number of hydrogen-bond acceptors (Lipinski definition) is 17. The zero-order valence-corrected chi connectivity index (χ0v) is 35.7. The molecule has 0 aromatic carbocycles. The zero-order valence-electron chi connectivity index (χ0n) is 33.9. The first kappa shape index (κ1) is 54.5. The monoisotopic (exact) mass is 862 g/mol. The number of nitrogens with two attached hydrogens (primary N) is 3. The summed E-state index contributed by atoms with van der Waals surface area (Å²) in [6, 6.07) is -2.24. The van der Waals surface area contributed by atoms with Crippen molar-refractivity contribution in [3.05, 3.63) is 0 Å². The van der Waals surface area contributed by atoms with E-state index in [1.807, 2.05) is 0 Å². The van der Waals surface area contributed by atoms with Crippen molar-refractivity contribution < 1.29 is 66.5 Å². The van der Waals surface area contributed by atoms with Gasteiger partial charge in [-0.05, 0) is 47.0 Å². The molecule has 11 N–H and O–H groups in total. The van der Waals surface area contributed by atoms with Gasteiger partial charge in [-0.15, -0.1) is 0 Å². The Morgan fingerprint density at radius 2 is 1.00 bits per heavy atom. The highest BCUT2D eigenvalue weighted by Crippen LogP contribution is 2.51. The van der Waals surface area contributed by atoms with Gasteiger partial charge in [0.1, 0.15) is 12.1 Å². The fraction of sp³-hybridized carbons (Fsp3) is 0.848. The molecular weight excluding hydrogens is 795 g/mol. The molecule has 0 aliphatic heterocycles. The minimum atomic E-state index is -3.08. The summed E-state index contributed by atoms with van der Waals surface area (Å²) >= 11 is 3.98. The van der Waals surface area contributed by atoms with Crippen LogP contribution in [-0.2, 0) is 66.5 Å². The highest BCUT2D eigenvalue weighted by molar-refractivity contribution is 8.46. The van der Waals surface area contributed by atoms with E-state index in [9.17, 15) is 28.5 Å². The second-order valence-electron chi connectivity index (χ2n) is 13.9. The fourth-order valence-corrected chi connectivity index (χ4v) is 6.31. The number of carbonyl (C=O) groups is 5. The zero-order chi connectivity index (χ0) is 43.2. The molecule has 0 heterocycles. The molecule has 0 aromatic heterocycles. The molecule has 0 aliphatic rings. The van der Waals surface area contributed by atoms with Gasteiger partial charge in [0.05, 0.1) is 77.3 Å². The molecule has 24 heteroatoms. The van der Waals surface area contributed by atoms with E-state index in [2.05, 4.69) is 53.3 Å². The van der Waals surface area contributed by atoms with Crippen molar-refractivity contribution in [2.75, 3.05) is 92.4 Å². The molecule has 334 valence electrons. The van der Waals surface area contributed by atoms with Crippen molar-refractivity contribution in [2.45, 2.75) is 89.5 Å². The number of rotatable bonds is 36. The van der Waals surface area contributed by atoms with Crippen molar-refractivity contribution in [3.63, 3.8) is 0 Å². The van der Waals surface area contributed by atoms with E-state index >= 15 is 0 Å². The Bertz CT molecular complexity index is 1220. The second kappa shape index (κ2) is 31.4. The average Bonchev–Trinajstić information content (AvgIpc) is 3.13. The SMILES string of the molecule is CC(C)(CCC(=O)NC(CCC(=O)NC(CCC(=O)NCCOCCON)C(=O)NCCOCCON)C(=O)NCCOCCON)OCC(C)(C)OP(C)(=O)S. The molecule has 0 radical (unpaired) electrons. The quantitative estimate of drug-likeness (QED) is 0.0153. The molecule has 0 fully saturated rings. The van der Waals surface area contributed by atoms with Crippen molar-refractivity contribution in [2.24, 2.45) is 17.7 Å². The number of ether oxygens (including phenoxy) is 4. The molecule has 0 aromatic rings. The molecule has 57 heavy (non-hydrogen) atoms. The van der Waals surface area contributed by atoms with Crippen LogP contribution in [0, 0.1) is 0 Å². The molecule has 0 saturated carbocycles. The van der Waals surface area contributed by atoms with Gasteiger partial charge in [-0.1, -0.05) is 12.2 Å². The van der Waals surface area contributed by atoms with Gasteiger partial charge in [0, 0.05) is 45.6 Å². The van der Waals surface area contributed by atoms with Gasteiger partial charge in [-0.2, -0.15) is 0 Å². The number of hydrogen-bond donors (Lipinski definition) is 9. The van der Waals surface area contributed by atoms with E-state index in [1.54, 1.807) is 27.7 Å². The predicted octanol–water partition coefficient (Wildman–Crippen LogP) is -1.29. The van der Waals surface area contributed by atoms with Gasteiger partial charge >= 0.3 is 0 Å². The summed E-state index contributed by atoms with van der Waals surface area (Å²) in [7, 11) is 0. The van der Waals surface area contributed by atoms with Crippen LogP contribution in [-0.4, -0.2) is 145 Å². The standard InChI is InChI=1S/C33H67N8O14PS/c1-32(2,51-24-33(3,4)55-56(5,47)57)11-10-29(44)41-26(31(46)39-14-17-50-20-23-54-36)7-9-28(43)40-25(30(45)38-13-16-49-19-22-53-35)6-8-27(42)37-12-15-48-18-21-52-34/h25-26H,6-24,34-36H2,1-5H3,(H,37,42)(H,38,45)(H,39,46)(H,40,43)(H,41,44)(H,47,57). The minimum absolute atomic E-state index is 0.0349. The maximum absolute atomic E-state index is 13.2. The molecular formula is C33H67N8O14PS. The third kappa shape index (κ3) is 32.1. The Hall–Kier alpha value is -2.51. The number of nitrogens with one attached hydrogen (secondary N) is 5. The van der Waals surface area contributed by atoms with Crippen LogP contribution in [0.2, 0.25) is 0 Å². The van der Waals surface area contributed by atoms with Gasteiger partial charge in [0.15, 0.2) is 0 Å². The van der Waals surface area contributed by atoms with Crippen LogP contribution in [0.1, 0.15) is 66.2 Å². The first-order valence-corrected chi connectivity index (χ1v) is 21.8. The average molecular weight is 863 g/mol. The van der Waals surface area contributed by atoms with Crippen LogP contribution in [0.25, 0.3) is 0 Å². The lowest BCUT2D eigenvalue weighted by Crippen LogP contribution is -2.50. The highest BCUT2D eigenvalue weighted by Gasteiger charge is 2.31. The summed E-state index contributed by atoms with van der Waals surface area (Å²) in [4.78, 5) is 78.4. The molecule has 0 rings (SSSR count). The molecule has 3 unspecified atom stereocenters. The van der Waals surface area contributed by atoms with E-state index in [4.69, 9.17) is 41.2 Å². The van der Waals surface area contributed by atoms with Crippen LogP contribution in [0.4, 0.5) is 0 Å². The summed E-state index contributed by atoms with van der Waals surface area (Å²) in [5.41, 5.74) is -1.72. The number of carbonyl (C=O) groups excluding carboxylic acids is 5. The highest BCUT2D eigenvalue weighted by atomic mass is 32.7. The normalized spacial score (nSPS) is 13.9. The van der Waals surface area contributed by atoms with Crippen LogP contribution >= 0.6 is 18.8 Å². The maximum Gasteiger partial charge on any atom is 0.252 e. The Labute approximate surface area is 340 Å². The predicted molar refractivity (Wildman–Crippen MR) is 211 cm³/mol. The summed E-state index contributed by atoms with van der Waals surface area (Å²) in [5.74, 6) is 12.3. The van der Waals surface area contributed by atoms with Gasteiger partial charge < -0.3 is 64.6 Å². The van der Waals surface area contributed by atoms with E-state index < -0.39 is 53.5 Å².